The van der Waals surface area contributed by atoms with E-state index in [1.165, 1.54) is 0 Å². The second kappa shape index (κ2) is 13.0. The summed E-state index contributed by atoms with van der Waals surface area (Å²) in [5, 5.41) is 3.60. The number of carbonyl (C=O) groups excluding carboxylic acids is 2. The highest BCUT2D eigenvalue weighted by Crippen LogP contribution is 2.31. The van der Waals surface area contributed by atoms with Gasteiger partial charge in [-0.05, 0) is 77.0 Å². The van der Waals surface area contributed by atoms with Crippen molar-refractivity contribution in [2.45, 2.75) is 71.5 Å². The average Bonchev–Trinajstić information content (AvgIpc) is 2.85. The zero-order valence-electron chi connectivity index (χ0n) is 23.6. The van der Waals surface area contributed by atoms with Crippen molar-refractivity contribution in [3.05, 3.63) is 99.0 Å². The van der Waals surface area contributed by atoms with Gasteiger partial charge in [0.2, 0.25) is 5.91 Å². The summed E-state index contributed by atoms with van der Waals surface area (Å²) in [4.78, 5) is 29.1. The van der Waals surface area contributed by atoms with Crippen LogP contribution in [0.25, 0.3) is 0 Å². The second-order valence-corrected chi connectivity index (χ2v) is 13.0. The van der Waals surface area contributed by atoms with Crippen molar-refractivity contribution in [1.82, 2.24) is 10.2 Å². The van der Waals surface area contributed by atoms with E-state index in [2.05, 4.69) is 42.0 Å². The molecular formula is C32H38BrClN2O3. The zero-order valence-corrected chi connectivity index (χ0v) is 25.9. The maximum Gasteiger partial charge on any atom is 0.261 e. The van der Waals surface area contributed by atoms with Crippen molar-refractivity contribution in [3.63, 3.8) is 0 Å². The van der Waals surface area contributed by atoms with Gasteiger partial charge in [-0.15, -0.1) is 0 Å². The summed E-state index contributed by atoms with van der Waals surface area (Å²) in [5.74, 6) is 0.0157. The van der Waals surface area contributed by atoms with Gasteiger partial charge < -0.3 is 15.0 Å². The SMILES string of the molecule is CC(C)(C)NC(=O)C(Cc1ccccc1)N(Cc1ccccc1Cl)C(=O)COc1ccc(C(C)(C)C)cc1Br. The third-order valence-corrected chi connectivity index (χ3v) is 7.21. The van der Waals surface area contributed by atoms with Crippen LogP contribution in [0.3, 0.4) is 0 Å². The Hall–Kier alpha value is -2.83. The van der Waals surface area contributed by atoms with E-state index < -0.39 is 11.6 Å². The normalized spacial score (nSPS) is 12.5. The Balaban J connectivity index is 1.94. The summed E-state index contributed by atoms with van der Waals surface area (Å²) in [6.45, 7) is 12.1. The molecule has 0 saturated heterocycles. The molecule has 0 bridgehead atoms. The van der Waals surface area contributed by atoms with Crippen LogP contribution in [-0.2, 0) is 28.0 Å². The van der Waals surface area contributed by atoms with Gasteiger partial charge >= 0.3 is 0 Å². The molecule has 3 aromatic rings. The lowest BCUT2D eigenvalue weighted by molar-refractivity contribution is -0.143. The minimum Gasteiger partial charge on any atom is -0.483 e. The van der Waals surface area contributed by atoms with Gasteiger partial charge in [-0.25, -0.2) is 0 Å². The van der Waals surface area contributed by atoms with Crippen molar-refractivity contribution in [2.75, 3.05) is 6.61 Å². The fourth-order valence-electron chi connectivity index (χ4n) is 4.12. The Morgan fingerprint density at radius 3 is 2.18 bits per heavy atom. The number of hydrogen-bond donors (Lipinski definition) is 1. The van der Waals surface area contributed by atoms with Crippen LogP contribution in [0.1, 0.15) is 58.2 Å². The number of hydrogen-bond acceptors (Lipinski definition) is 3. The number of amides is 2. The van der Waals surface area contributed by atoms with Crippen LogP contribution >= 0.6 is 27.5 Å². The topological polar surface area (TPSA) is 58.6 Å². The first-order chi connectivity index (χ1) is 18.2. The van der Waals surface area contributed by atoms with E-state index >= 15 is 0 Å². The number of halogens is 2. The highest BCUT2D eigenvalue weighted by molar-refractivity contribution is 9.10. The number of nitrogens with one attached hydrogen (secondary N) is 1. The van der Waals surface area contributed by atoms with E-state index in [4.69, 9.17) is 16.3 Å². The zero-order chi connectivity index (χ0) is 28.8. The molecule has 0 aliphatic rings. The summed E-state index contributed by atoms with van der Waals surface area (Å²) in [5.41, 5.74) is 2.36. The monoisotopic (exact) mass is 612 g/mol. The molecule has 39 heavy (non-hydrogen) atoms. The molecule has 0 aromatic heterocycles. The quantitative estimate of drug-likeness (QED) is 0.275. The van der Waals surface area contributed by atoms with E-state index in [0.29, 0.717) is 17.2 Å². The molecule has 5 nitrogen and oxygen atoms in total. The number of carbonyl (C=O) groups is 2. The Morgan fingerprint density at radius 2 is 1.59 bits per heavy atom. The van der Waals surface area contributed by atoms with Crippen molar-refractivity contribution < 1.29 is 14.3 Å². The summed E-state index contributed by atoms with van der Waals surface area (Å²) in [6.07, 6.45) is 0.350. The van der Waals surface area contributed by atoms with Gasteiger partial charge in [0.15, 0.2) is 6.61 Å². The third-order valence-electron chi connectivity index (χ3n) is 6.22. The first kappa shape index (κ1) is 30.7. The van der Waals surface area contributed by atoms with Gasteiger partial charge in [0.25, 0.3) is 5.91 Å². The molecule has 3 aromatic carbocycles. The molecule has 0 aliphatic carbocycles. The summed E-state index contributed by atoms with van der Waals surface area (Å²) < 4.78 is 6.76. The Labute approximate surface area is 246 Å². The molecule has 3 rings (SSSR count). The van der Waals surface area contributed by atoms with Gasteiger partial charge in [0, 0.05) is 23.5 Å². The van der Waals surface area contributed by atoms with Gasteiger partial charge in [0.05, 0.1) is 4.47 Å². The van der Waals surface area contributed by atoms with Crippen LogP contribution in [0.15, 0.2) is 77.3 Å². The molecule has 7 heteroatoms. The molecule has 0 saturated carbocycles. The number of nitrogens with zero attached hydrogens (tertiary/aromatic N) is 1. The molecule has 1 unspecified atom stereocenters. The highest BCUT2D eigenvalue weighted by atomic mass is 79.9. The lowest BCUT2D eigenvalue weighted by Crippen LogP contribution is -2.55. The first-order valence-corrected chi connectivity index (χ1v) is 14.2. The lowest BCUT2D eigenvalue weighted by atomic mass is 9.87. The van der Waals surface area contributed by atoms with Crippen LogP contribution < -0.4 is 10.1 Å². The number of rotatable bonds is 9. The van der Waals surface area contributed by atoms with Crippen molar-refractivity contribution >= 4 is 39.3 Å². The molecular weight excluding hydrogens is 576 g/mol. The Kier molecular flexibility index (Phi) is 10.2. The standard InChI is InChI=1S/C32H38BrClN2O3/c1-31(2,3)24-16-17-28(25(33)19-24)39-21-29(37)36(20-23-14-10-11-15-26(23)34)27(30(38)35-32(4,5)6)18-22-12-8-7-9-13-22/h7-17,19,27H,18,20-21H2,1-6H3,(H,35,38). The minimum absolute atomic E-state index is 0.0201. The van der Waals surface area contributed by atoms with E-state index in [1.54, 1.807) is 11.0 Å². The summed E-state index contributed by atoms with van der Waals surface area (Å²) >= 11 is 10.1. The average molecular weight is 614 g/mol. The van der Waals surface area contributed by atoms with Crippen molar-refractivity contribution in [3.8, 4) is 5.75 Å². The largest absolute Gasteiger partial charge is 0.483 e. The fourth-order valence-corrected chi connectivity index (χ4v) is 4.81. The maximum atomic E-state index is 13.8. The van der Waals surface area contributed by atoms with Crippen molar-refractivity contribution in [1.29, 1.82) is 0 Å². The van der Waals surface area contributed by atoms with Gasteiger partial charge in [-0.3, -0.25) is 9.59 Å². The van der Waals surface area contributed by atoms with Crippen LogP contribution in [-0.4, -0.2) is 34.9 Å². The first-order valence-electron chi connectivity index (χ1n) is 13.1. The molecule has 0 fully saturated rings. The Morgan fingerprint density at radius 1 is 0.949 bits per heavy atom. The third kappa shape index (κ3) is 9.11. The number of ether oxygens (including phenoxy) is 1. The van der Waals surface area contributed by atoms with E-state index in [9.17, 15) is 9.59 Å². The van der Waals surface area contributed by atoms with E-state index in [-0.39, 0.29) is 30.4 Å². The van der Waals surface area contributed by atoms with Crippen molar-refractivity contribution in [2.24, 2.45) is 0 Å². The maximum absolute atomic E-state index is 13.8. The van der Waals surface area contributed by atoms with Crippen LogP contribution in [0.4, 0.5) is 0 Å². The van der Waals surface area contributed by atoms with Gasteiger partial charge in [0.1, 0.15) is 11.8 Å². The molecule has 2 amide bonds. The highest BCUT2D eigenvalue weighted by Gasteiger charge is 2.33. The predicted molar refractivity (Wildman–Crippen MR) is 162 cm³/mol. The van der Waals surface area contributed by atoms with E-state index in [0.717, 1.165) is 21.2 Å². The molecule has 0 spiro atoms. The number of benzene rings is 3. The summed E-state index contributed by atoms with van der Waals surface area (Å²) in [7, 11) is 0. The van der Waals surface area contributed by atoms with Crippen LogP contribution in [0, 0.1) is 0 Å². The smallest absolute Gasteiger partial charge is 0.261 e. The fraction of sp³-hybridized carbons (Fsp3) is 0.375. The molecule has 1 N–H and O–H groups in total. The molecule has 1 atom stereocenters. The summed E-state index contributed by atoms with van der Waals surface area (Å²) in [6, 6.07) is 22.2. The molecule has 0 heterocycles. The molecule has 0 aliphatic heterocycles. The predicted octanol–water partition coefficient (Wildman–Crippen LogP) is 7.33. The van der Waals surface area contributed by atoms with Crippen LogP contribution in [0.2, 0.25) is 5.02 Å². The van der Waals surface area contributed by atoms with E-state index in [1.807, 2.05) is 87.5 Å². The minimum atomic E-state index is -0.772. The second-order valence-electron chi connectivity index (χ2n) is 11.7. The van der Waals surface area contributed by atoms with Gasteiger partial charge in [-0.1, -0.05) is 87.0 Å². The molecule has 0 radical (unpaired) electrons. The van der Waals surface area contributed by atoms with Gasteiger partial charge in [-0.2, -0.15) is 0 Å². The van der Waals surface area contributed by atoms with Crippen LogP contribution in [0.5, 0.6) is 5.75 Å². The molecule has 208 valence electrons. The Bertz CT molecular complexity index is 1280. The lowest BCUT2D eigenvalue weighted by Gasteiger charge is -2.34.